The first-order valence-corrected chi connectivity index (χ1v) is 5.64. The number of rotatable bonds is 2. The van der Waals surface area contributed by atoms with Gasteiger partial charge in [-0.1, -0.05) is 11.8 Å². The molecular weight excluding hydrogens is 271 g/mol. The Kier molecular flexibility index (Phi) is 5.16. The number of hydrogen-bond acceptors (Lipinski definition) is 3. The molecule has 0 heterocycles. The van der Waals surface area contributed by atoms with Crippen LogP contribution in [0.2, 0.25) is 0 Å². The van der Waals surface area contributed by atoms with E-state index in [9.17, 15) is 18.0 Å². The molecule has 0 atom stereocenters. The predicted octanol–water partition coefficient (Wildman–Crippen LogP) is 2.88. The zero-order valence-electron chi connectivity index (χ0n) is 10.5. The quantitative estimate of drug-likeness (QED) is 0.618. The maximum atomic E-state index is 12.5. The third-order valence-electron chi connectivity index (χ3n) is 2.23. The lowest BCUT2D eigenvalue weighted by molar-refractivity contribution is -0.142. The summed E-state index contributed by atoms with van der Waals surface area (Å²) in [7, 11) is 0. The van der Waals surface area contributed by atoms with Crippen LogP contribution in [0.25, 0.3) is 0 Å². The molecule has 1 aromatic rings. The van der Waals surface area contributed by atoms with Crippen LogP contribution in [0.3, 0.4) is 0 Å². The summed E-state index contributed by atoms with van der Waals surface area (Å²) in [5, 5.41) is 8.81. The van der Waals surface area contributed by atoms with Crippen molar-refractivity contribution in [3.8, 4) is 17.9 Å². The summed E-state index contributed by atoms with van der Waals surface area (Å²) in [6.45, 7) is 1.83. The van der Waals surface area contributed by atoms with E-state index in [1.165, 1.54) is 0 Å². The van der Waals surface area contributed by atoms with Crippen molar-refractivity contribution in [2.75, 3.05) is 6.61 Å². The summed E-state index contributed by atoms with van der Waals surface area (Å²) in [6.07, 6.45) is -4.75. The average Bonchev–Trinajstić information content (AvgIpc) is 2.38. The molecule has 0 aliphatic carbocycles. The summed E-state index contributed by atoms with van der Waals surface area (Å²) in [4.78, 5) is 11.0. The van der Waals surface area contributed by atoms with E-state index in [2.05, 4.69) is 16.6 Å². The molecule has 3 nitrogen and oxygen atoms in total. The van der Waals surface area contributed by atoms with E-state index in [1.807, 2.05) is 0 Å². The summed E-state index contributed by atoms with van der Waals surface area (Å²) in [5.74, 6) is 4.22. The van der Waals surface area contributed by atoms with Gasteiger partial charge >= 0.3 is 12.1 Å². The molecule has 1 rings (SSSR count). The molecule has 0 spiro atoms. The average molecular weight is 281 g/mol. The fourth-order valence-corrected chi connectivity index (χ4v) is 1.35. The van der Waals surface area contributed by atoms with E-state index < -0.39 is 17.7 Å². The molecule has 6 heteroatoms. The smallest absolute Gasteiger partial charge is 0.416 e. The molecule has 0 unspecified atom stereocenters. The minimum Gasteiger partial charge on any atom is -0.465 e. The topological polar surface area (TPSA) is 50.1 Å². The Hall–Kier alpha value is -2.47. The van der Waals surface area contributed by atoms with Crippen LogP contribution < -0.4 is 0 Å². The Morgan fingerprint density at radius 1 is 1.35 bits per heavy atom. The molecule has 0 N–H and O–H groups in total. The van der Waals surface area contributed by atoms with Crippen molar-refractivity contribution < 1.29 is 22.7 Å². The molecule has 0 radical (unpaired) electrons. The zero-order valence-corrected chi connectivity index (χ0v) is 10.5. The molecule has 104 valence electrons. The second-order valence-corrected chi connectivity index (χ2v) is 3.65. The number of hydrogen-bond donors (Lipinski definition) is 0. The van der Waals surface area contributed by atoms with E-state index in [0.29, 0.717) is 0 Å². The van der Waals surface area contributed by atoms with Crippen LogP contribution in [0.5, 0.6) is 0 Å². The number of benzene rings is 1. The van der Waals surface area contributed by atoms with Crippen molar-refractivity contribution >= 4 is 5.97 Å². The third kappa shape index (κ3) is 4.33. The van der Waals surface area contributed by atoms with Crippen molar-refractivity contribution in [3.05, 3.63) is 34.9 Å². The number of carbonyl (C=O) groups is 1. The molecule has 0 bridgehead atoms. The SMILES string of the molecule is CCOC(=O)CC#Cc1cc(C(F)(F)F)ccc1C#N. The Labute approximate surface area is 114 Å². The van der Waals surface area contributed by atoms with Crippen molar-refractivity contribution in [3.63, 3.8) is 0 Å². The number of halogens is 3. The van der Waals surface area contributed by atoms with Gasteiger partial charge in [-0.05, 0) is 25.1 Å². The third-order valence-corrected chi connectivity index (χ3v) is 2.23. The van der Waals surface area contributed by atoms with E-state index in [0.717, 1.165) is 18.2 Å². The van der Waals surface area contributed by atoms with Crippen molar-refractivity contribution in [1.82, 2.24) is 0 Å². The highest BCUT2D eigenvalue weighted by molar-refractivity contribution is 5.72. The molecule has 0 amide bonds. The standard InChI is InChI=1S/C14H10F3NO2/c1-2-20-13(19)5-3-4-10-8-12(14(15,16)17)7-6-11(10)9-18/h6-8H,2,5H2,1H3. The Morgan fingerprint density at radius 3 is 2.60 bits per heavy atom. The second-order valence-electron chi connectivity index (χ2n) is 3.65. The summed E-state index contributed by atoms with van der Waals surface area (Å²) < 4.78 is 42.3. The van der Waals surface area contributed by atoms with Gasteiger partial charge in [-0.3, -0.25) is 4.79 Å². The normalized spacial score (nSPS) is 10.2. The monoisotopic (exact) mass is 281 g/mol. The first-order valence-electron chi connectivity index (χ1n) is 5.64. The van der Waals surface area contributed by atoms with E-state index in [1.54, 1.807) is 13.0 Å². The van der Waals surface area contributed by atoms with E-state index in [-0.39, 0.29) is 24.2 Å². The number of alkyl halides is 3. The Morgan fingerprint density at radius 2 is 2.05 bits per heavy atom. The zero-order chi connectivity index (χ0) is 15.2. The van der Waals surface area contributed by atoms with Crippen LogP contribution in [-0.4, -0.2) is 12.6 Å². The van der Waals surface area contributed by atoms with Crippen molar-refractivity contribution in [2.45, 2.75) is 19.5 Å². The number of ether oxygens (including phenoxy) is 1. The number of nitriles is 1. The Balaban J connectivity index is 3.02. The molecular formula is C14H10F3NO2. The predicted molar refractivity (Wildman–Crippen MR) is 64.3 cm³/mol. The van der Waals surface area contributed by atoms with Crippen LogP contribution in [0.4, 0.5) is 13.2 Å². The van der Waals surface area contributed by atoms with Gasteiger partial charge in [0.05, 0.1) is 17.7 Å². The molecule has 1 aromatic carbocycles. The van der Waals surface area contributed by atoms with Crippen molar-refractivity contribution in [1.29, 1.82) is 5.26 Å². The van der Waals surface area contributed by atoms with Gasteiger partial charge in [0, 0.05) is 5.56 Å². The fourth-order valence-electron chi connectivity index (χ4n) is 1.35. The van der Waals surface area contributed by atoms with Gasteiger partial charge in [0.25, 0.3) is 0 Å². The van der Waals surface area contributed by atoms with Gasteiger partial charge in [-0.15, -0.1) is 0 Å². The molecule has 0 saturated carbocycles. The van der Waals surface area contributed by atoms with Gasteiger partial charge in [-0.2, -0.15) is 18.4 Å². The van der Waals surface area contributed by atoms with Gasteiger partial charge < -0.3 is 4.74 Å². The number of carbonyl (C=O) groups excluding carboxylic acids is 1. The highest BCUT2D eigenvalue weighted by atomic mass is 19.4. The largest absolute Gasteiger partial charge is 0.465 e. The van der Waals surface area contributed by atoms with Crippen LogP contribution in [0.1, 0.15) is 30.0 Å². The van der Waals surface area contributed by atoms with Gasteiger partial charge in [0.2, 0.25) is 0 Å². The summed E-state index contributed by atoms with van der Waals surface area (Å²) in [5.41, 5.74) is -0.932. The highest BCUT2D eigenvalue weighted by Crippen LogP contribution is 2.30. The van der Waals surface area contributed by atoms with Crippen LogP contribution >= 0.6 is 0 Å². The van der Waals surface area contributed by atoms with Crippen LogP contribution in [-0.2, 0) is 15.7 Å². The molecule has 0 saturated heterocycles. The molecule has 0 fully saturated rings. The van der Waals surface area contributed by atoms with Gasteiger partial charge in [0.15, 0.2) is 0 Å². The fraction of sp³-hybridized carbons (Fsp3) is 0.286. The van der Waals surface area contributed by atoms with E-state index in [4.69, 9.17) is 5.26 Å². The maximum Gasteiger partial charge on any atom is 0.416 e. The number of esters is 1. The molecule has 0 aliphatic rings. The lowest BCUT2D eigenvalue weighted by Gasteiger charge is -2.07. The lowest BCUT2D eigenvalue weighted by atomic mass is 10.0. The molecule has 0 aliphatic heterocycles. The summed E-state index contributed by atoms with van der Waals surface area (Å²) >= 11 is 0. The number of nitrogens with zero attached hydrogens (tertiary/aromatic N) is 1. The Bertz CT molecular complexity index is 604. The first kappa shape index (κ1) is 15.6. The van der Waals surface area contributed by atoms with Gasteiger partial charge in [0.1, 0.15) is 12.5 Å². The minimum absolute atomic E-state index is 0.0226. The second kappa shape index (κ2) is 6.63. The first-order chi connectivity index (χ1) is 9.38. The lowest BCUT2D eigenvalue weighted by Crippen LogP contribution is -2.05. The molecule has 20 heavy (non-hydrogen) atoms. The van der Waals surface area contributed by atoms with Gasteiger partial charge in [-0.25, -0.2) is 0 Å². The highest BCUT2D eigenvalue weighted by Gasteiger charge is 2.30. The van der Waals surface area contributed by atoms with Crippen molar-refractivity contribution in [2.24, 2.45) is 0 Å². The van der Waals surface area contributed by atoms with Crippen LogP contribution in [0.15, 0.2) is 18.2 Å². The summed E-state index contributed by atoms with van der Waals surface area (Å²) in [6, 6.07) is 4.41. The van der Waals surface area contributed by atoms with E-state index >= 15 is 0 Å². The minimum atomic E-state index is -4.51. The molecule has 0 aromatic heterocycles. The van der Waals surface area contributed by atoms with Crippen LogP contribution in [0, 0.1) is 23.2 Å². The maximum absolute atomic E-state index is 12.5.